The zero-order chi connectivity index (χ0) is 21.8. The minimum absolute atomic E-state index is 0.0740. The Balaban J connectivity index is 2.16. The number of anilines is 1. The van der Waals surface area contributed by atoms with Crippen LogP contribution in [0.3, 0.4) is 0 Å². The van der Waals surface area contributed by atoms with Crippen LogP contribution in [0.25, 0.3) is 0 Å². The maximum atomic E-state index is 13.0. The van der Waals surface area contributed by atoms with Crippen molar-refractivity contribution in [1.29, 1.82) is 0 Å². The highest BCUT2D eigenvalue weighted by molar-refractivity contribution is 7.89. The Morgan fingerprint density at radius 2 is 1.86 bits per heavy atom. The number of benzene rings is 2. The first-order valence-electron chi connectivity index (χ1n) is 8.31. The molecule has 0 radical (unpaired) electrons. The van der Waals surface area contributed by atoms with Crippen LogP contribution in [0.2, 0.25) is 5.02 Å². The second kappa shape index (κ2) is 9.02. The van der Waals surface area contributed by atoms with E-state index in [0.717, 1.165) is 19.2 Å². The number of ether oxygens (including phenoxy) is 1. The maximum Gasteiger partial charge on any atom is 0.418 e. The number of alkyl halides is 3. The number of nitrogens with zero attached hydrogens (tertiary/aromatic N) is 1. The SMILES string of the molecule is CCOc1ccc(S(=O)(=O)N(C)CC(=O)Nc2ccccc2C(F)(F)F)cc1Cl. The van der Waals surface area contributed by atoms with Gasteiger partial charge in [-0.05, 0) is 37.3 Å². The van der Waals surface area contributed by atoms with Crippen LogP contribution >= 0.6 is 11.6 Å². The second-order valence-corrected chi connectivity index (χ2v) is 8.33. The summed E-state index contributed by atoms with van der Waals surface area (Å²) in [7, 11) is -2.97. The third-order valence-corrected chi connectivity index (χ3v) is 5.88. The highest BCUT2D eigenvalue weighted by Crippen LogP contribution is 2.34. The molecule has 0 aliphatic carbocycles. The van der Waals surface area contributed by atoms with Gasteiger partial charge in [-0.25, -0.2) is 8.42 Å². The van der Waals surface area contributed by atoms with Gasteiger partial charge < -0.3 is 10.1 Å². The second-order valence-electron chi connectivity index (χ2n) is 5.88. The van der Waals surface area contributed by atoms with Crippen LogP contribution in [0, 0.1) is 0 Å². The Hall–Kier alpha value is -2.30. The molecule has 0 saturated heterocycles. The number of amides is 1. The summed E-state index contributed by atoms with van der Waals surface area (Å²) in [5, 5.41) is 2.17. The summed E-state index contributed by atoms with van der Waals surface area (Å²) >= 11 is 6.00. The molecule has 2 aromatic carbocycles. The molecule has 0 atom stereocenters. The van der Waals surface area contributed by atoms with E-state index in [0.29, 0.717) is 16.7 Å². The normalized spacial score (nSPS) is 12.1. The molecule has 6 nitrogen and oxygen atoms in total. The number of hydrogen-bond acceptors (Lipinski definition) is 4. The Morgan fingerprint density at radius 1 is 1.21 bits per heavy atom. The molecular weight excluding hydrogens is 433 g/mol. The monoisotopic (exact) mass is 450 g/mol. The zero-order valence-corrected chi connectivity index (χ0v) is 17.0. The van der Waals surface area contributed by atoms with Crippen LogP contribution in [-0.2, 0) is 21.0 Å². The smallest absolute Gasteiger partial charge is 0.418 e. The number of carbonyl (C=O) groups excluding carboxylic acids is 1. The van der Waals surface area contributed by atoms with Gasteiger partial charge in [0.15, 0.2) is 0 Å². The van der Waals surface area contributed by atoms with Crippen LogP contribution in [0.1, 0.15) is 12.5 Å². The lowest BCUT2D eigenvalue weighted by molar-refractivity contribution is -0.137. The van der Waals surface area contributed by atoms with E-state index in [-0.39, 0.29) is 9.92 Å². The summed E-state index contributed by atoms with van der Waals surface area (Å²) in [5.74, 6) is -0.623. The first kappa shape index (κ1) is 23.0. The molecule has 2 aromatic rings. The van der Waals surface area contributed by atoms with Crippen LogP contribution in [0.4, 0.5) is 18.9 Å². The fraction of sp³-hybridized carbons (Fsp3) is 0.278. The van der Waals surface area contributed by atoms with E-state index in [1.165, 1.54) is 30.3 Å². The summed E-state index contributed by atoms with van der Waals surface area (Å²) in [5.41, 5.74) is -1.49. The Morgan fingerprint density at radius 3 is 2.45 bits per heavy atom. The topological polar surface area (TPSA) is 75.7 Å². The van der Waals surface area contributed by atoms with Crippen molar-refractivity contribution in [3.8, 4) is 5.75 Å². The highest BCUT2D eigenvalue weighted by atomic mass is 35.5. The van der Waals surface area contributed by atoms with E-state index in [4.69, 9.17) is 16.3 Å². The third kappa shape index (κ3) is 5.62. The van der Waals surface area contributed by atoms with Crippen LogP contribution in [0.15, 0.2) is 47.4 Å². The lowest BCUT2D eigenvalue weighted by Gasteiger charge is -2.19. The minimum atomic E-state index is -4.67. The van der Waals surface area contributed by atoms with E-state index >= 15 is 0 Å². The van der Waals surface area contributed by atoms with Crippen molar-refractivity contribution in [2.75, 3.05) is 25.5 Å². The molecule has 0 aliphatic heterocycles. The predicted molar refractivity (Wildman–Crippen MR) is 103 cm³/mol. The van der Waals surface area contributed by atoms with Crippen molar-refractivity contribution in [1.82, 2.24) is 4.31 Å². The number of rotatable bonds is 7. The van der Waals surface area contributed by atoms with Gasteiger partial charge in [0.25, 0.3) is 0 Å². The van der Waals surface area contributed by atoms with Gasteiger partial charge in [-0.15, -0.1) is 0 Å². The Bertz CT molecular complexity index is 997. The van der Waals surface area contributed by atoms with E-state index in [1.807, 2.05) is 0 Å². The number of likely N-dealkylation sites (N-methyl/N-ethyl adjacent to an activating group) is 1. The standard InChI is InChI=1S/C18H18ClF3N2O4S/c1-3-28-16-9-8-12(10-14(16)19)29(26,27)24(2)11-17(25)23-15-7-5-4-6-13(15)18(20,21)22/h4-10H,3,11H2,1-2H3,(H,23,25). The van der Waals surface area contributed by atoms with Gasteiger partial charge in [-0.1, -0.05) is 23.7 Å². The first-order chi connectivity index (χ1) is 13.5. The van der Waals surface area contributed by atoms with Gasteiger partial charge >= 0.3 is 6.18 Å². The van der Waals surface area contributed by atoms with Gasteiger partial charge in [0.1, 0.15) is 5.75 Å². The van der Waals surface area contributed by atoms with Crippen molar-refractivity contribution in [3.05, 3.63) is 53.1 Å². The molecule has 0 heterocycles. The summed E-state index contributed by atoms with van der Waals surface area (Å²) in [6.07, 6.45) is -4.67. The highest BCUT2D eigenvalue weighted by Gasteiger charge is 2.34. The minimum Gasteiger partial charge on any atom is -0.492 e. The van der Waals surface area contributed by atoms with Crippen molar-refractivity contribution in [2.45, 2.75) is 18.0 Å². The summed E-state index contributed by atoms with van der Waals surface area (Å²) in [6.45, 7) is 1.38. The van der Waals surface area contributed by atoms with Crippen LogP contribution < -0.4 is 10.1 Å². The van der Waals surface area contributed by atoms with Crippen molar-refractivity contribution in [2.24, 2.45) is 0 Å². The van der Waals surface area contributed by atoms with Gasteiger partial charge in [-0.2, -0.15) is 17.5 Å². The van der Waals surface area contributed by atoms with Gasteiger partial charge in [-0.3, -0.25) is 4.79 Å². The van der Waals surface area contributed by atoms with E-state index < -0.39 is 39.9 Å². The molecule has 158 valence electrons. The van der Waals surface area contributed by atoms with Crippen molar-refractivity contribution < 1.29 is 31.1 Å². The molecule has 0 saturated carbocycles. The number of para-hydroxylation sites is 1. The lowest BCUT2D eigenvalue weighted by Crippen LogP contribution is -2.35. The number of sulfonamides is 1. The zero-order valence-electron chi connectivity index (χ0n) is 15.5. The molecular formula is C18H18ClF3N2O4S. The van der Waals surface area contributed by atoms with Gasteiger partial charge in [0, 0.05) is 7.05 Å². The summed E-state index contributed by atoms with van der Waals surface area (Å²) in [4.78, 5) is 12.0. The quantitative estimate of drug-likeness (QED) is 0.691. The fourth-order valence-corrected chi connectivity index (χ4v) is 3.86. The molecule has 2 rings (SSSR count). The molecule has 0 spiro atoms. The number of halogens is 4. The molecule has 0 bridgehead atoms. The van der Waals surface area contributed by atoms with Crippen molar-refractivity contribution in [3.63, 3.8) is 0 Å². The molecule has 0 aromatic heterocycles. The molecule has 0 fully saturated rings. The Kier molecular flexibility index (Phi) is 7.15. The third-order valence-electron chi connectivity index (χ3n) is 3.78. The predicted octanol–water partition coefficient (Wildman–Crippen LogP) is 4.02. The molecule has 1 amide bonds. The number of carbonyl (C=O) groups is 1. The molecule has 0 unspecified atom stereocenters. The number of hydrogen-bond donors (Lipinski definition) is 1. The summed E-state index contributed by atoms with van der Waals surface area (Å²) in [6, 6.07) is 8.23. The van der Waals surface area contributed by atoms with Crippen molar-refractivity contribution >= 4 is 33.2 Å². The van der Waals surface area contributed by atoms with E-state index in [2.05, 4.69) is 5.32 Å². The molecule has 11 heteroatoms. The van der Waals surface area contributed by atoms with Crippen LogP contribution in [-0.4, -0.2) is 38.8 Å². The molecule has 1 N–H and O–H groups in total. The summed E-state index contributed by atoms with van der Waals surface area (Å²) < 4.78 is 70.3. The number of nitrogens with one attached hydrogen (secondary N) is 1. The van der Waals surface area contributed by atoms with Gasteiger partial charge in [0.05, 0.1) is 34.3 Å². The van der Waals surface area contributed by atoms with Gasteiger partial charge in [0.2, 0.25) is 15.9 Å². The van der Waals surface area contributed by atoms with Crippen LogP contribution in [0.5, 0.6) is 5.75 Å². The average molecular weight is 451 g/mol. The Labute approximate surface area is 171 Å². The molecule has 29 heavy (non-hydrogen) atoms. The average Bonchev–Trinajstić information content (AvgIpc) is 2.62. The van der Waals surface area contributed by atoms with E-state index in [1.54, 1.807) is 6.92 Å². The maximum absolute atomic E-state index is 13.0. The lowest BCUT2D eigenvalue weighted by atomic mass is 10.1. The molecule has 0 aliphatic rings. The fourth-order valence-electron chi connectivity index (χ4n) is 2.41. The first-order valence-corrected chi connectivity index (χ1v) is 10.1. The largest absolute Gasteiger partial charge is 0.492 e. The van der Waals surface area contributed by atoms with E-state index in [9.17, 15) is 26.4 Å².